The molecule has 0 radical (unpaired) electrons. The Kier molecular flexibility index (Phi) is 2.54. The van der Waals surface area contributed by atoms with E-state index < -0.39 is 5.97 Å². The van der Waals surface area contributed by atoms with Gasteiger partial charge in [0.15, 0.2) is 0 Å². The molecular formula is C12H11NO2. The second-order valence-electron chi connectivity index (χ2n) is 3.27. The first kappa shape index (κ1) is 9.52. The number of carboxylic acid groups (broad SMARTS) is 1. The average Bonchev–Trinajstić information content (AvgIpc) is 2.62. The molecule has 0 spiro atoms. The summed E-state index contributed by atoms with van der Waals surface area (Å²) in [6.45, 7) is 0.583. The number of para-hydroxylation sites is 1. The molecule has 0 amide bonds. The number of allylic oxidation sites excluding steroid dienone is 1. The molecule has 0 saturated carbocycles. The Bertz CT molecular complexity index is 511. The molecular weight excluding hydrogens is 190 g/mol. The van der Waals surface area contributed by atoms with E-state index >= 15 is 0 Å². The number of carboxylic acids is 1. The van der Waals surface area contributed by atoms with Crippen molar-refractivity contribution in [3.05, 3.63) is 48.7 Å². The van der Waals surface area contributed by atoms with E-state index in [1.165, 1.54) is 5.39 Å². The van der Waals surface area contributed by atoms with E-state index in [-0.39, 0.29) is 0 Å². The van der Waals surface area contributed by atoms with Gasteiger partial charge < -0.3 is 9.67 Å². The molecule has 76 valence electrons. The predicted molar refractivity (Wildman–Crippen MR) is 58.7 cm³/mol. The summed E-state index contributed by atoms with van der Waals surface area (Å²) in [6, 6.07) is 10.0. The molecule has 2 rings (SSSR count). The van der Waals surface area contributed by atoms with Crippen LogP contribution >= 0.6 is 0 Å². The lowest BCUT2D eigenvalue weighted by Crippen LogP contribution is -1.94. The smallest absolute Gasteiger partial charge is 0.328 e. The first-order valence-corrected chi connectivity index (χ1v) is 4.71. The fourth-order valence-electron chi connectivity index (χ4n) is 1.57. The van der Waals surface area contributed by atoms with E-state index in [1.807, 2.05) is 41.1 Å². The fraction of sp³-hybridized carbons (Fsp3) is 0.0833. The molecule has 0 aliphatic carbocycles. The van der Waals surface area contributed by atoms with Crippen LogP contribution in [0.3, 0.4) is 0 Å². The quantitative estimate of drug-likeness (QED) is 0.774. The van der Waals surface area contributed by atoms with Crippen LogP contribution in [-0.4, -0.2) is 15.6 Å². The highest BCUT2D eigenvalue weighted by molar-refractivity contribution is 5.81. The SMILES string of the molecule is O=C(O)C=CCn1ccc2ccccc21. The van der Waals surface area contributed by atoms with Gasteiger partial charge in [-0.2, -0.15) is 0 Å². The standard InChI is InChI=1S/C12H11NO2/c14-12(15)6-3-8-13-9-7-10-4-1-2-5-11(10)13/h1-7,9H,8H2,(H,14,15). The minimum atomic E-state index is -0.911. The van der Waals surface area contributed by atoms with Crippen LogP contribution < -0.4 is 0 Å². The molecule has 0 bridgehead atoms. The number of rotatable bonds is 3. The Balaban J connectivity index is 2.25. The van der Waals surface area contributed by atoms with Crippen LogP contribution in [0, 0.1) is 0 Å². The Labute approximate surface area is 87.3 Å². The molecule has 3 nitrogen and oxygen atoms in total. The van der Waals surface area contributed by atoms with Gasteiger partial charge in [0.25, 0.3) is 0 Å². The van der Waals surface area contributed by atoms with Crippen LogP contribution in [0.1, 0.15) is 0 Å². The molecule has 0 atom stereocenters. The van der Waals surface area contributed by atoms with Crippen LogP contribution in [0.25, 0.3) is 10.9 Å². The predicted octanol–water partition coefficient (Wildman–Crippen LogP) is 2.28. The van der Waals surface area contributed by atoms with Crippen LogP contribution in [0.5, 0.6) is 0 Å². The highest BCUT2D eigenvalue weighted by Gasteiger charge is 1.97. The zero-order valence-corrected chi connectivity index (χ0v) is 8.13. The highest BCUT2D eigenvalue weighted by atomic mass is 16.4. The van der Waals surface area contributed by atoms with Gasteiger partial charge in [0.2, 0.25) is 0 Å². The third kappa shape index (κ3) is 2.07. The molecule has 2 aromatic rings. The number of carbonyl (C=O) groups is 1. The second kappa shape index (κ2) is 4.00. The monoisotopic (exact) mass is 201 g/mol. The van der Waals surface area contributed by atoms with Crippen molar-refractivity contribution in [2.75, 3.05) is 0 Å². The molecule has 1 aromatic carbocycles. The molecule has 1 aromatic heterocycles. The maximum atomic E-state index is 10.3. The van der Waals surface area contributed by atoms with Crippen LogP contribution in [0.2, 0.25) is 0 Å². The molecule has 0 saturated heterocycles. The van der Waals surface area contributed by atoms with E-state index in [2.05, 4.69) is 0 Å². The van der Waals surface area contributed by atoms with Gasteiger partial charge in [-0.1, -0.05) is 24.3 Å². The molecule has 0 aliphatic rings. The third-order valence-electron chi connectivity index (χ3n) is 2.24. The number of aliphatic carboxylic acids is 1. The van der Waals surface area contributed by atoms with E-state index in [0.29, 0.717) is 6.54 Å². The van der Waals surface area contributed by atoms with Crippen molar-refractivity contribution in [1.82, 2.24) is 4.57 Å². The summed E-state index contributed by atoms with van der Waals surface area (Å²) in [6.07, 6.45) is 4.75. The lowest BCUT2D eigenvalue weighted by atomic mass is 10.2. The van der Waals surface area contributed by atoms with Crippen LogP contribution in [0.4, 0.5) is 0 Å². The molecule has 3 heteroatoms. The fourth-order valence-corrected chi connectivity index (χ4v) is 1.57. The van der Waals surface area contributed by atoms with Crippen molar-refractivity contribution >= 4 is 16.9 Å². The number of aromatic nitrogens is 1. The van der Waals surface area contributed by atoms with Gasteiger partial charge >= 0.3 is 5.97 Å². The molecule has 0 fully saturated rings. The van der Waals surface area contributed by atoms with Crippen molar-refractivity contribution < 1.29 is 9.90 Å². The highest BCUT2D eigenvalue weighted by Crippen LogP contribution is 2.14. The Morgan fingerprint density at radius 1 is 1.33 bits per heavy atom. The van der Waals surface area contributed by atoms with Crippen molar-refractivity contribution in [3.63, 3.8) is 0 Å². The van der Waals surface area contributed by atoms with Gasteiger partial charge in [-0.05, 0) is 17.5 Å². The van der Waals surface area contributed by atoms with Crippen molar-refractivity contribution in [1.29, 1.82) is 0 Å². The minimum Gasteiger partial charge on any atom is -0.478 e. The van der Waals surface area contributed by atoms with Crippen LogP contribution in [-0.2, 0) is 11.3 Å². The van der Waals surface area contributed by atoms with E-state index in [1.54, 1.807) is 6.08 Å². The van der Waals surface area contributed by atoms with Gasteiger partial charge in [0.1, 0.15) is 0 Å². The van der Waals surface area contributed by atoms with Gasteiger partial charge in [0, 0.05) is 24.3 Å². The molecule has 0 unspecified atom stereocenters. The summed E-state index contributed by atoms with van der Waals surface area (Å²) in [7, 11) is 0. The number of nitrogens with zero attached hydrogens (tertiary/aromatic N) is 1. The maximum absolute atomic E-state index is 10.3. The zero-order chi connectivity index (χ0) is 10.7. The molecule has 1 N–H and O–H groups in total. The van der Waals surface area contributed by atoms with Gasteiger partial charge in [-0.3, -0.25) is 0 Å². The average molecular weight is 201 g/mol. The second-order valence-corrected chi connectivity index (χ2v) is 3.27. The first-order chi connectivity index (χ1) is 7.27. The van der Waals surface area contributed by atoms with Gasteiger partial charge in [-0.15, -0.1) is 0 Å². The molecule has 1 heterocycles. The van der Waals surface area contributed by atoms with Crippen molar-refractivity contribution in [2.24, 2.45) is 0 Å². The number of benzene rings is 1. The molecule has 15 heavy (non-hydrogen) atoms. The van der Waals surface area contributed by atoms with Crippen molar-refractivity contribution in [2.45, 2.75) is 6.54 Å². The first-order valence-electron chi connectivity index (χ1n) is 4.71. The Morgan fingerprint density at radius 2 is 2.13 bits per heavy atom. The Morgan fingerprint density at radius 3 is 2.93 bits per heavy atom. The third-order valence-corrected chi connectivity index (χ3v) is 2.24. The number of hydrogen-bond acceptors (Lipinski definition) is 1. The minimum absolute atomic E-state index is 0.583. The summed E-state index contributed by atoms with van der Waals surface area (Å²) in [5.74, 6) is -0.911. The lowest BCUT2D eigenvalue weighted by Gasteiger charge is -1.99. The molecule has 0 aliphatic heterocycles. The summed E-state index contributed by atoms with van der Waals surface area (Å²) in [5.41, 5.74) is 1.12. The maximum Gasteiger partial charge on any atom is 0.328 e. The zero-order valence-electron chi connectivity index (χ0n) is 8.13. The lowest BCUT2D eigenvalue weighted by molar-refractivity contribution is -0.131. The summed E-state index contributed by atoms with van der Waals surface area (Å²) in [4.78, 5) is 10.3. The number of hydrogen-bond donors (Lipinski definition) is 1. The largest absolute Gasteiger partial charge is 0.478 e. The normalized spacial score (nSPS) is 11.2. The summed E-state index contributed by atoms with van der Waals surface area (Å²) < 4.78 is 2.01. The van der Waals surface area contributed by atoms with Gasteiger partial charge in [0.05, 0.1) is 0 Å². The van der Waals surface area contributed by atoms with Crippen molar-refractivity contribution in [3.8, 4) is 0 Å². The number of fused-ring (bicyclic) bond motifs is 1. The van der Waals surface area contributed by atoms with E-state index in [0.717, 1.165) is 11.6 Å². The van der Waals surface area contributed by atoms with E-state index in [9.17, 15) is 4.79 Å². The summed E-state index contributed by atoms with van der Waals surface area (Å²) in [5, 5.41) is 9.63. The van der Waals surface area contributed by atoms with Crippen LogP contribution in [0.15, 0.2) is 48.7 Å². The Hall–Kier alpha value is -2.03. The summed E-state index contributed by atoms with van der Waals surface area (Å²) >= 11 is 0. The van der Waals surface area contributed by atoms with E-state index in [4.69, 9.17) is 5.11 Å². The van der Waals surface area contributed by atoms with Gasteiger partial charge in [-0.25, -0.2) is 4.79 Å². The topological polar surface area (TPSA) is 42.2 Å².